The molecule has 1 aliphatic heterocycles. The molecule has 0 atom stereocenters. The number of aromatic nitrogens is 2. The van der Waals surface area contributed by atoms with Crippen LogP contribution in [0.2, 0.25) is 0 Å². The first-order valence-electron chi connectivity index (χ1n) is 8.10. The Bertz CT molecular complexity index is 742. The Balaban J connectivity index is 1.34. The van der Waals surface area contributed by atoms with Crippen molar-refractivity contribution in [1.82, 2.24) is 14.7 Å². The van der Waals surface area contributed by atoms with Gasteiger partial charge in [-0.3, -0.25) is 9.58 Å². The van der Waals surface area contributed by atoms with Gasteiger partial charge in [-0.05, 0) is 30.0 Å². The predicted molar refractivity (Wildman–Crippen MR) is 89.8 cm³/mol. The minimum atomic E-state index is 0.993. The van der Waals surface area contributed by atoms with Gasteiger partial charge in [-0.2, -0.15) is 5.10 Å². The Morgan fingerprint density at radius 3 is 2.64 bits per heavy atom. The molecular formula is C19H21N3. The lowest BCUT2D eigenvalue weighted by molar-refractivity contribution is 0.245. The van der Waals surface area contributed by atoms with Crippen LogP contribution in [-0.2, 0) is 19.5 Å². The molecule has 0 amide bonds. The number of hydrogen-bond donors (Lipinski definition) is 0. The molecule has 0 bridgehead atoms. The van der Waals surface area contributed by atoms with Crippen LogP contribution in [-0.4, -0.2) is 27.8 Å². The van der Waals surface area contributed by atoms with Gasteiger partial charge in [0.25, 0.3) is 0 Å². The van der Waals surface area contributed by atoms with Gasteiger partial charge in [0, 0.05) is 37.8 Å². The Morgan fingerprint density at radius 1 is 0.909 bits per heavy atom. The highest BCUT2D eigenvalue weighted by Gasteiger charge is 2.14. The van der Waals surface area contributed by atoms with E-state index in [4.69, 9.17) is 0 Å². The van der Waals surface area contributed by atoms with E-state index >= 15 is 0 Å². The Morgan fingerprint density at radius 2 is 1.73 bits per heavy atom. The molecule has 3 heteroatoms. The van der Waals surface area contributed by atoms with Crippen LogP contribution in [0.25, 0.3) is 10.9 Å². The van der Waals surface area contributed by atoms with Gasteiger partial charge in [0.05, 0.1) is 5.52 Å². The molecule has 4 rings (SSSR count). The van der Waals surface area contributed by atoms with Crippen LogP contribution < -0.4 is 0 Å². The van der Waals surface area contributed by atoms with Crippen LogP contribution in [0, 0.1) is 0 Å². The van der Waals surface area contributed by atoms with Gasteiger partial charge < -0.3 is 0 Å². The molecule has 3 aromatic rings. The van der Waals surface area contributed by atoms with Gasteiger partial charge in [-0.25, -0.2) is 0 Å². The molecule has 0 aliphatic carbocycles. The van der Waals surface area contributed by atoms with Gasteiger partial charge in [0.15, 0.2) is 0 Å². The van der Waals surface area contributed by atoms with Gasteiger partial charge in [0.1, 0.15) is 0 Å². The summed E-state index contributed by atoms with van der Waals surface area (Å²) in [6.45, 7) is 4.41. The van der Waals surface area contributed by atoms with Crippen molar-refractivity contribution in [2.75, 3.05) is 13.1 Å². The fourth-order valence-corrected chi connectivity index (χ4v) is 3.33. The standard InChI is InChI=1S/C19H21N3/c1-2-7-17-14-21(13-10-16(17)6-1)11-5-12-22-15-18-8-3-4-9-19(18)20-22/h1-4,6-9,15H,5,10-14H2. The number of aryl methyl sites for hydroxylation is 1. The molecule has 3 nitrogen and oxygen atoms in total. The highest BCUT2D eigenvalue weighted by atomic mass is 15.3. The first-order valence-corrected chi connectivity index (χ1v) is 8.10. The van der Waals surface area contributed by atoms with Crippen molar-refractivity contribution < 1.29 is 0 Å². The normalized spacial score (nSPS) is 15.1. The SMILES string of the molecule is c1ccc2c(c1)CCN(CCCn1cc3ccccc3n1)C2. The van der Waals surface area contributed by atoms with Crippen LogP contribution >= 0.6 is 0 Å². The zero-order valence-electron chi connectivity index (χ0n) is 12.8. The predicted octanol–water partition coefficient (Wildman–Crippen LogP) is 3.48. The third-order valence-electron chi connectivity index (χ3n) is 4.53. The maximum absolute atomic E-state index is 4.63. The highest BCUT2D eigenvalue weighted by Crippen LogP contribution is 2.18. The summed E-state index contributed by atoms with van der Waals surface area (Å²) in [5.41, 5.74) is 4.12. The van der Waals surface area contributed by atoms with E-state index in [1.54, 1.807) is 0 Å². The minimum absolute atomic E-state index is 0.993. The number of nitrogens with zero attached hydrogens (tertiary/aromatic N) is 3. The molecule has 0 fully saturated rings. The summed E-state index contributed by atoms with van der Waals surface area (Å²) < 4.78 is 2.09. The number of hydrogen-bond acceptors (Lipinski definition) is 2. The van der Waals surface area contributed by atoms with Crippen LogP contribution in [0.15, 0.2) is 54.7 Å². The molecule has 0 radical (unpaired) electrons. The van der Waals surface area contributed by atoms with Crippen molar-refractivity contribution in [3.8, 4) is 0 Å². The van der Waals surface area contributed by atoms with Crippen molar-refractivity contribution in [1.29, 1.82) is 0 Å². The lowest BCUT2D eigenvalue weighted by atomic mass is 10.00. The summed E-state index contributed by atoms with van der Waals surface area (Å²) >= 11 is 0. The molecular weight excluding hydrogens is 270 g/mol. The molecule has 0 spiro atoms. The van der Waals surface area contributed by atoms with Crippen molar-refractivity contribution in [3.05, 3.63) is 65.9 Å². The topological polar surface area (TPSA) is 21.1 Å². The molecule has 0 saturated carbocycles. The second-order valence-electron chi connectivity index (χ2n) is 6.10. The van der Waals surface area contributed by atoms with E-state index in [0.29, 0.717) is 0 Å². The average Bonchev–Trinajstić information content (AvgIpc) is 2.97. The molecule has 2 heterocycles. The lowest BCUT2D eigenvalue weighted by Crippen LogP contribution is -2.31. The first kappa shape index (κ1) is 13.5. The maximum Gasteiger partial charge on any atom is 0.0923 e. The molecule has 112 valence electrons. The van der Waals surface area contributed by atoms with E-state index in [2.05, 4.69) is 63.3 Å². The number of rotatable bonds is 4. The zero-order chi connectivity index (χ0) is 14.8. The molecule has 0 unspecified atom stereocenters. The smallest absolute Gasteiger partial charge is 0.0923 e. The fraction of sp³-hybridized carbons (Fsp3) is 0.316. The van der Waals surface area contributed by atoms with Crippen molar-refractivity contribution in [2.45, 2.75) is 25.9 Å². The molecule has 1 aliphatic rings. The second-order valence-corrected chi connectivity index (χ2v) is 6.10. The molecule has 1 aromatic heterocycles. The molecule has 2 aromatic carbocycles. The van der Waals surface area contributed by atoms with E-state index in [-0.39, 0.29) is 0 Å². The third-order valence-corrected chi connectivity index (χ3v) is 4.53. The van der Waals surface area contributed by atoms with Crippen molar-refractivity contribution >= 4 is 10.9 Å². The monoisotopic (exact) mass is 291 g/mol. The Kier molecular flexibility index (Phi) is 3.65. The first-order chi connectivity index (χ1) is 10.9. The van der Waals surface area contributed by atoms with E-state index in [1.165, 1.54) is 29.5 Å². The summed E-state index contributed by atoms with van der Waals surface area (Å²) in [7, 11) is 0. The summed E-state index contributed by atoms with van der Waals surface area (Å²) in [5, 5.41) is 5.86. The molecule has 22 heavy (non-hydrogen) atoms. The van der Waals surface area contributed by atoms with Crippen LogP contribution in [0.1, 0.15) is 17.5 Å². The maximum atomic E-state index is 4.63. The van der Waals surface area contributed by atoms with Gasteiger partial charge in [0.2, 0.25) is 0 Å². The van der Waals surface area contributed by atoms with E-state index in [0.717, 1.165) is 31.6 Å². The molecule has 0 N–H and O–H groups in total. The second kappa shape index (κ2) is 5.93. The van der Waals surface area contributed by atoms with Crippen LogP contribution in [0.4, 0.5) is 0 Å². The fourth-order valence-electron chi connectivity index (χ4n) is 3.33. The Hall–Kier alpha value is -2.13. The quantitative estimate of drug-likeness (QED) is 0.734. The summed E-state index contributed by atoms with van der Waals surface area (Å²) in [6, 6.07) is 17.1. The summed E-state index contributed by atoms with van der Waals surface area (Å²) in [6.07, 6.45) is 4.48. The van der Waals surface area contributed by atoms with Crippen molar-refractivity contribution in [2.24, 2.45) is 0 Å². The number of benzene rings is 2. The van der Waals surface area contributed by atoms with E-state index in [1.807, 2.05) is 6.07 Å². The van der Waals surface area contributed by atoms with Gasteiger partial charge in [-0.1, -0.05) is 42.5 Å². The van der Waals surface area contributed by atoms with E-state index < -0.39 is 0 Å². The summed E-state index contributed by atoms with van der Waals surface area (Å²) in [4.78, 5) is 2.56. The zero-order valence-corrected chi connectivity index (χ0v) is 12.8. The van der Waals surface area contributed by atoms with Gasteiger partial charge in [-0.15, -0.1) is 0 Å². The Labute approximate surface area is 131 Å². The molecule has 0 saturated heterocycles. The largest absolute Gasteiger partial charge is 0.299 e. The van der Waals surface area contributed by atoms with Gasteiger partial charge >= 0.3 is 0 Å². The minimum Gasteiger partial charge on any atom is -0.299 e. The number of fused-ring (bicyclic) bond motifs is 2. The lowest BCUT2D eigenvalue weighted by Gasteiger charge is -2.28. The highest BCUT2D eigenvalue weighted by molar-refractivity contribution is 5.77. The average molecular weight is 291 g/mol. The van der Waals surface area contributed by atoms with E-state index in [9.17, 15) is 0 Å². The third kappa shape index (κ3) is 2.77. The van der Waals surface area contributed by atoms with Crippen LogP contribution in [0.3, 0.4) is 0 Å². The summed E-state index contributed by atoms with van der Waals surface area (Å²) in [5.74, 6) is 0. The van der Waals surface area contributed by atoms with Crippen molar-refractivity contribution in [3.63, 3.8) is 0 Å². The van der Waals surface area contributed by atoms with Crippen LogP contribution in [0.5, 0.6) is 0 Å².